The summed E-state index contributed by atoms with van der Waals surface area (Å²) in [5, 5.41) is 27.9. The Balaban J connectivity index is 0.000000162. The SMILES string of the molecule is [3H]N1CCC(C2(O)c3ccc(C)cc3CCc3c2ccc(C)c3C)CC1.[3H]N1CCC(C2(O)c3ccc(C)cc3CCc3cc(C)cc(C)c32)CC1. The highest BCUT2D eigenvalue weighted by Gasteiger charge is 2.46. The third-order valence-electron chi connectivity index (χ3n) is 12.6. The van der Waals surface area contributed by atoms with Gasteiger partial charge in [0, 0.05) is 0 Å². The van der Waals surface area contributed by atoms with Gasteiger partial charge >= 0.3 is 0 Å². The second-order valence-electron chi connectivity index (χ2n) is 15.9. The van der Waals surface area contributed by atoms with E-state index < -0.39 is 11.2 Å². The quantitative estimate of drug-likeness (QED) is 0.175. The van der Waals surface area contributed by atoms with Crippen LogP contribution in [-0.4, -0.2) is 36.4 Å². The fourth-order valence-corrected chi connectivity index (χ4v) is 9.96. The Morgan fingerprint density at radius 1 is 0.540 bits per heavy atom. The summed E-state index contributed by atoms with van der Waals surface area (Å²) >= 11 is 0. The minimum absolute atomic E-state index is 0.156. The van der Waals surface area contributed by atoms with Gasteiger partial charge in [-0.15, -0.1) is 0 Å². The van der Waals surface area contributed by atoms with Crippen molar-refractivity contribution < 1.29 is 13.0 Å². The van der Waals surface area contributed by atoms with E-state index in [0.29, 0.717) is 0 Å². The molecule has 50 heavy (non-hydrogen) atoms. The number of aliphatic hydroxyl groups is 2. The van der Waals surface area contributed by atoms with Gasteiger partial charge in [0.1, 0.15) is 14.0 Å². The highest BCUT2D eigenvalue weighted by Crippen LogP contribution is 2.49. The summed E-state index contributed by atoms with van der Waals surface area (Å²) in [4.78, 5) is 0. The summed E-state index contributed by atoms with van der Waals surface area (Å²) in [6.45, 7) is 15.8. The van der Waals surface area contributed by atoms with Crippen molar-refractivity contribution in [3.8, 4) is 0 Å². The number of hydrogen-bond donors (Lipinski definition) is 4. The zero-order valence-electron chi connectivity index (χ0n) is 33.2. The average molecular weight is 675 g/mol. The lowest BCUT2D eigenvalue weighted by molar-refractivity contribution is 0.00123. The lowest BCUT2D eigenvalue weighted by atomic mass is 9.69. The standard InChI is InChI=1S/2C23H29NO/c1-15-4-8-21-18(14-15)6-7-20-17(3)16(2)5-9-22(20)23(21,25)19-10-12-24-13-11-19;1-15-4-7-21-18(13-15)5-6-19-14-16(2)12-17(3)22(19)23(21,25)20-8-10-24-11-9-20/h4-5,8-9,14,19,24-25H,6-7,10-13H2,1-3H3;4,7,12-14,20,24-25H,5-6,8-11H2,1-3H3/i/hT2. The summed E-state index contributed by atoms with van der Waals surface area (Å²) in [5.41, 5.74) is 15.3. The largest absolute Gasteiger partial charge is 0.380 e. The lowest BCUT2D eigenvalue weighted by Gasteiger charge is -2.41. The molecular weight excluding hydrogens is 613 g/mol. The van der Waals surface area contributed by atoms with Gasteiger partial charge in [0.25, 0.3) is 0 Å². The molecule has 4 aliphatic rings. The zero-order valence-corrected chi connectivity index (χ0v) is 31.2. The maximum Gasteiger partial charge on any atom is 0.122 e. The van der Waals surface area contributed by atoms with E-state index in [1.54, 1.807) is 10.6 Å². The maximum atomic E-state index is 12.3. The van der Waals surface area contributed by atoms with Crippen LogP contribution < -0.4 is 10.6 Å². The molecule has 2 aliphatic carbocycles. The van der Waals surface area contributed by atoms with Gasteiger partial charge in [0.15, 0.2) is 0 Å². The van der Waals surface area contributed by atoms with Crippen LogP contribution >= 0.6 is 0 Å². The Morgan fingerprint density at radius 2 is 1.02 bits per heavy atom. The number of benzene rings is 4. The molecule has 2 saturated heterocycles. The van der Waals surface area contributed by atoms with Crippen LogP contribution in [0, 0.1) is 53.4 Å². The predicted molar refractivity (Wildman–Crippen MR) is 206 cm³/mol. The van der Waals surface area contributed by atoms with E-state index in [2.05, 4.69) is 102 Å². The molecule has 2 aliphatic heterocycles. The van der Waals surface area contributed by atoms with E-state index in [-0.39, 0.29) is 11.8 Å². The molecule has 0 radical (unpaired) electrons. The lowest BCUT2D eigenvalue weighted by Crippen LogP contribution is -2.43. The van der Waals surface area contributed by atoms with Crippen molar-refractivity contribution in [2.75, 3.05) is 26.2 Å². The van der Waals surface area contributed by atoms with Crippen molar-refractivity contribution in [1.29, 1.82) is 0 Å². The van der Waals surface area contributed by atoms with Gasteiger partial charge in [-0.2, -0.15) is 0 Å². The Hall–Kier alpha value is -3.28. The molecule has 2 atom stereocenters. The molecule has 2 unspecified atom stereocenters. The van der Waals surface area contributed by atoms with Crippen LogP contribution in [0.3, 0.4) is 0 Å². The van der Waals surface area contributed by atoms with Crippen LogP contribution in [-0.2, 0) is 36.9 Å². The molecule has 0 amide bonds. The number of piperidine rings is 2. The molecule has 4 heteroatoms. The molecule has 0 aromatic heterocycles. The topological polar surface area (TPSA) is 64.5 Å². The summed E-state index contributed by atoms with van der Waals surface area (Å²) < 4.78 is 15.8. The first kappa shape index (κ1) is 32.6. The molecule has 4 aromatic rings. The first-order valence-corrected chi connectivity index (χ1v) is 19.1. The molecule has 4 aromatic carbocycles. The number of nitrogens with one attached hydrogen (secondary N) is 2. The maximum absolute atomic E-state index is 12.3. The van der Waals surface area contributed by atoms with E-state index in [1.807, 2.05) is 0 Å². The molecule has 4 nitrogen and oxygen atoms in total. The fraction of sp³-hybridized carbons (Fsp3) is 0.478. The Labute approximate surface area is 303 Å². The van der Waals surface area contributed by atoms with Gasteiger partial charge in [-0.3, -0.25) is 0 Å². The van der Waals surface area contributed by atoms with Gasteiger partial charge in [0.2, 0.25) is 0 Å². The number of hydrogen-bond acceptors (Lipinski definition) is 4. The van der Waals surface area contributed by atoms with Crippen LogP contribution in [0.5, 0.6) is 0 Å². The molecule has 0 spiro atoms. The van der Waals surface area contributed by atoms with E-state index >= 15 is 0 Å². The van der Waals surface area contributed by atoms with Gasteiger partial charge in [-0.05, 0) is 192 Å². The molecular formula is C46H58N2O2. The first-order chi connectivity index (χ1) is 24.8. The zero-order chi connectivity index (χ0) is 36.9. The van der Waals surface area contributed by atoms with Gasteiger partial charge in [-0.1, -0.05) is 77.4 Å². The van der Waals surface area contributed by atoms with Crippen LogP contribution in [0.25, 0.3) is 0 Å². The van der Waals surface area contributed by atoms with Gasteiger partial charge in [0.05, 0.1) is 0 Å². The summed E-state index contributed by atoms with van der Waals surface area (Å²) in [7, 11) is 0. The number of rotatable bonds is 2. The third kappa shape index (κ3) is 6.17. The van der Waals surface area contributed by atoms with Gasteiger partial charge < -0.3 is 20.8 Å². The van der Waals surface area contributed by atoms with Crippen molar-refractivity contribution in [3.05, 3.63) is 139 Å². The molecule has 0 saturated carbocycles. The molecule has 2 fully saturated rings. The molecule has 0 bridgehead atoms. The second kappa shape index (κ2) is 14.0. The van der Waals surface area contributed by atoms with Crippen LogP contribution in [0.2, 0.25) is 2.82 Å². The van der Waals surface area contributed by atoms with Crippen LogP contribution in [0.1, 0.15) is 104 Å². The normalized spacial score (nSPS) is 25.0. The predicted octanol–water partition coefficient (Wildman–Crippen LogP) is 7.89. The molecule has 264 valence electrons. The Bertz CT molecular complexity index is 1960. The van der Waals surface area contributed by atoms with Gasteiger partial charge in [-0.25, -0.2) is 0 Å². The summed E-state index contributed by atoms with van der Waals surface area (Å²) in [5.74, 6) is 0.313. The molecule has 4 N–H and O–H groups in total. The number of fused-ring (bicyclic) bond motifs is 4. The number of aryl methyl sites for hydroxylation is 8. The van der Waals surface area contributed by atoms with Crippen molar-refractivity contribution >= 4 is 0 Å². The van der Waals surface area contributed by atoms with E-state index in [4.69, 9.17) is 2.82 Å². The second-order valence-corrected chi connectivity index (χ2v) is 15.9. The molecule has 2 heterocycles. The summed E-state index contributed by atoms with van der Waals surface area (Å²) in [6.07, 6.45) is 7.37. The Kier molecular flexibility index (Phi) is 9.15. The van der Waals surface area contributed by atoms with Crippen molar-refractivity contribution in [2.45, 2.75) is 104 Å². The average Bonchev–Trinajstić information content (AvgIpc) is 3.32. The third-order valence-corrected chi connectivity index (χ3v) is 12.6. The summed E-state index contributed by atoms with van der Waals surface area (Å²) in [6, 6.07) is 21.9. The highest BCUT2D eigenvalue weighted by atomic mass is 16.3. The van der Waals surface area contributed by atoms with E-state index in [0.717, 1.165) is 99.8 Å². The minimum atomic E-state index is -0.950. The minimum Gasteiger partial charge on any atom is -0.380 e. The Morgan fingerprint density at radius 3 is 1.62 bits per heavy atom. The van der Waals surface area contributed by atoms with Crippen LogP contribution in [0.15, 0.2) is 60.7 Å². The van der Waals surface area contributed by atoms with Crippen LogP contribution in [0.4, 0.5) is 0 Å². The van der Waals surface area contributed by atoms with Crippen molar-refractivity contribution in [2.24, 2.45) is 11.8 Å². The van der Waals surface area contributed by atoms with E-state index in [1.165, 1.54) is 55.6 Å². The smallest absolute Gasteiger partial charge is 0.122 e. The van der Waals surface area contributed by atoms with Crippen molar-refractivity contribution in [3.63, 3.8) is 0 Å². The van der Waals surface area contributed by atoms with E-state index in [9.17, 15) is 10.2 Å². The van der Waals surface area contributed by atoms with Crippen molar-refractivity contribution in [1.82, 2.24) is 10.6 Å². The fourth-order valence-electron chi connectivity index (χ4n) is 9.96. The highest BCUT2D eigenvalue weighted by molar-refractivity contribution is 5.54. The molecule has 8 rings (SSSR count). The first-order valence-electron chi connectivity index (χ1n) is 20.0. The monoisotopic (exact) mass is 674 g/mol.